The fourth-order valence-corrected chi connectivity index (χ4v) is 3.00. The molecule has 1 aromatic carbocycles. The van der Waals surface area contributed by atoms with E-state index in [0.29, 0.717) is 28.9 Å². The second-order valence-electron chi connectivity index (χ2n) is 5.56. The number of piperidine rings is 1. The van der Waals surface area contributed by atoms with E-state index in [9.17, 15) is 13.6 Å². The summed E-state index contributed by atoms with van der Waals surface area (Å²) in [5, 5.41) is 2.82. The summed E-state index contributed by atoms with van der Waals surface area (Å²) in [5.74, 6) is -1.68. The zero-order valence-electron chi connectivity index (χ0n) is 12.1. The van der Waals surface area contributed by atoms with Crippen LogP contribution in [0.1, 0.15) is 19.8 Å². The number of likely N-dealkylation sites (tertiary alicyclic amines) is 1. The Bertz CT molecular complexity index is 459. The molecule has 0 aliphatic carbocycles. The smallest absolute Gasteiger partial charge is 0.288 e. The van der Waals surface area contributed by atoms with Crippen LogP contribution in [-0.2, 0) is 4.79 Å². The van der Waals surface area contributed by atoms with E-state index in [0.717, 1.165) is 19.0 Å². The van der Waals surface area contributed by atoms with Crippen molar-refractivity contribution in [3.8, 4) is 0 Å². The highest BCUT2D eigenvalue weighted by molar-refractivity contribution is 7.99. The van der Waals surface area contributed by atoms with Gasteiger partial charge in [0.1, 0.15) is 0 Å². The molecule has 1 aliphatic rings. The summed E-state index contributed by atoms with van der Waals surface area (Å²) < 4.78 is 24.4. The molecule has 116 valence electrons. The average molecular weight is 315 g/mol. The van der Waals surface area contributed by atoms with E-state index in [1.807, 2.05) is 0 Å². The molecule has 0 saturated carbocycles. The number of halogens is 2. The molecule has 2 N–H and O–H groups in total. The lowest BCUT2D eigenvalue weighted by molar-refractivity contribution is -0.897. The van der Waals surface area contributed by atoms with Crippen molar-refractivity contribution >= 4 is 23.4 Å². The minimum absolute atomic E-state index is 0.0196. The van der Waals surface area contributed by atoms with E-state index in [1.165, 1.54) is 17.7 Å². The van der Waals surface area contributed by atoms with E-state index in [4.69, 9.17) is 0 Å². The molecule has 1 aliphatic heterocycles. The lowest BCUT2D eigenvalue weighted by Crippen LogP contribution is -3.14. The number of hydrogen-bond acceptors (Lipinski definition) is 2. The van der Waals surface area contributed by atoms with Gasteiger partial charge in [-0.3, -0.25) is 4.79 Å². The third kappa shape index (κ3) is 5.63. The lowest BCUT2D eigenvalue weighted by atomic mass is 9.99. The minimum atomic E-state index is -2.42. The monoisotopic (exact) mass is 315 g/mol. The van der Waals surface area contributed by atoms with Crippen LogP contribution in [0.4, 0.5) is 14.5 Å². The van der Waals surface area contributed by atoms with Gasteiger partial charge in [0.15, 0.2) is 6.54 Å². The zero-order valence-corrected chi connectivity index (χ0v) is 12.9. The standard InChI is InChI=1S/C15H20F2N2OS/c1-11-6-8-19(9-7-11)10-14(20)18-12-2-4-13(5-3-12)21-15(16)17/h2-5,11,15H,6-10H2,1H3,(H,18,20)/p+1. The summed E-state index contributed by atoms with van der Waals surface area (Å²) >= 11 is 0.505. The number of rotatable bonds is 5. The number of thioether (sulfide) groups is 1. The summed E-state index contributed by atoms with van der Waals surface area (Å²) in [5.41, 5.74) is 0.656. The van der Waals surface area contributed by atoms with Crippen molar-refractivity contribution in [2.24, 2.45) is 5.92 Å². The molecule has 1 fully saturated rings. The van der Waals surface area contributed by atoms with Crippen molar-refractivity contribution in [2.45, 2.75) is 30.4 Å². The Morgan fingerprint density at radius 2 is 1.95 bits per heavy atom. The summed E-state index contributed by atoms with van der Waals surface area (Å²) in [7, 11) is 0. The van der Waals surface area contributed by atoms with Crippen LogP contribution >= 0.6 is 11.8 Å². The molecule has 2 rings (SSSR count). The Balaban J connectivity index is 1.79. The Hall–Kier alpha value is -1.14. The Labute approximate surface area is 128 Å². The second-order valence-corrected chi connectivity index (χ2v) is 6.62. The van der Waals surface area contributed by atoms with Crippen LogP contribution in [0.15, 0.2) is 29.2 Å². The number of nitrogens with one attached hydrogen (secondary N) is 2. The van der Waals surface area contributed by atoms with Gasteiger partial charge in [-0.1, -0.05) is 18.7 Å². The normalized spacial score (nSPS) is 22.3. The number of amides is 1. The Morgan fingerprint density at radius 1 is 1.33 bits per heavy atom. The maximum atomic E-state index is 12.2. The highest BCUT2D eigenvalue weighted by atomic mass is 32.2. The maximum absolute atomic E-state index is 12.2. The van der Waals surface area contributed by atoms with Gasteiger partial charge in [-0.05, 0) is 43.0 Å². The van der Waals surface area contributed by atoms with Gasteiger partial charge < -0.3 is 10.2 Å². The van der Waals surface area contributed by atoms with Crippen molar-refractivity contribution in [1.82, 2.24) is 0 Å². The predicted molar refractivity (Wildman–Crippen MR) is 80.9 cm³/mol. The molecule has 21 heavy (non-hydrogen) atoms. The molecule has 1 saturated heterocycles. The fraction of sp³-hybridized carbons (Fsp3) is 0.533. The molecule has 0 aromatic heterocycles. The topological polar surface area (TPSA) is 33.5 Å². The minimum Gasteiger partial charge on any atom is -0.327 e. The molecule has 0 spiro atoms. The molecular formula is C15H21F2N2OS+. The number of hydrogen-bond donors (Lipinski definition) is 2. The number of anilines is 1. The van der Waals surface area contributed by atoms with Crippen molar-refractivity contribution < 1.29 is 18.5 Å². The van der Waals surface area contributed by atoms with Gasteiger partial charge >= 0.3 is 0 Å². The van der Waals surface area contributed by atoms with E-state index in [2.05, 4.69) is 12.2 Å². The third-order valence-electron chi connectivity index (χ3n) is 3.76. The van der Waals surface area contributed by atoms with E-state index in [-0.39, 0.29) is 5.91 Å². The number of quaternary nitrogens is 1. The van der Waals surface area contributed by atoms with Gasteiger partial charge in [-0.25, -0.2) is 0 Å². The molecule has 0 bridgehead atoms. The molecule has 1 heterocycles. The lowest BCUT2D eigenvalue weighted by Gasteiger charge is -2.26. The third-order valence-corrected chi connectivity index (χ3v) is 4.48. The van der Waals surface area contributed by atoms with E-state index >= 15 is 0 Å². The quantitative estimate of drug-likeness (QED) is 0.817. The van der Waals surface area contributed by atoms with Gasteiger partial charge in [0.05, 0.1) is 13.1 Å². The van der Waals surface area contributed by atoms with Crippen LogP contribution in [0.3, 0.4) is 0 Å². The largest absolute Gasteiger partial charge is 0.327 e. The van der Waals surface area contributed by atoms with Gasteiger partial charge in [-0.2, -0.15) is 8.78 Å². The highest BCUT2D eigenvalue weighted by Gasteiger charge is 2.21. The van der Waals surface area contributed by atoms with Crippen molar-refractivity contribution in [3.63, 3.8) is 0 Å². The first-order valence-electron chi connectivity index (χ1n) is 7.21. The second kappa shape index (κ2) is 7.75. The number of carbonyl (C=O) groups is 1. The Kier molecular flexibility index (Phi) is 5.99. The SMILES string of the molecule is CC1CC[NH+](CC(=O)Nc2ccc(SC(F)F)cc2)CC1. The molecule has 1 aromatic rings. The van der Waals surface area contributed by atoms with Crippen LogP contribution in [0.25, 0.3) is 0 Å². The summed E-state index contributed by atoms with van der Waals surface area (Å²) in [4.78, 5) is 13.8. The van der Waals surface area contributed by atoms with E-state index < -0.39 is 5.76 Å². The summed E-state index contributed by atoms with van der Waals surface area (Å²) in [6.07, 6.45) is 2.34. The van der Waals surface area contributed by atoms with Crippen LogP contribution in [-0.4, -0.2) is 31.3 Å². The van der Waals surface area contributed by atoms with Gasteiger partial charge in [-0.15, -0.1) is 0 Å². The highest BCUT2D eigenvalue weighted by Crippen LogP contribution is 2.26. The first-order valence-corrected chi connectivity index (χ1v) is 8.09. The summed E-state index contributed by atoms with van der Waals surface area (Å²) in [6, 6.07) is 6.52. The predicted octanol–water partition coefficient (Wildman–Crippen LogP) is 2.25. The van der Waals surface area contributed by atoms with Crippen molar-refractivity contribution in [1.29, 1.82) is 0 Å². The van der Waals surface area contributed by atoms with E-state index in [1.54, 1.807) is 24.3 Å². The first kappa shape index (κ1) is 16.2. The Morgan fingerprint density at radius 3 is 2.52 bits per heavy atom. The zero-order chi connectivity index (χ0) is 15.2. The summed E-state index contributed by atoms with van der Waals surface area (Å²) in [6.45, 7) is 4.80. The van der Waals surface area contributed by atoms with Crippen molar-refractivity contribution in [2.75, 3.05) is 25.0 Å². The first-order chi connectivity index (χ1) is 10.0. The van der Waals surface area contributed by atoms with Gasteiger partial charge in [0.2, 0.25) is 0 Å². The molecule has 0 radical (unpaired) electrons. The fourth-order valence-electron chi connectivity index (χ4n) is 2.50. The van der Waals surface area contributed by atoms with Gasteiger partial charge in [0, 0.05) is 10.6 Å². The molecule has 1 amide bonds. The molecular weight excluding hydrogens is 294 g/mol. The van der Waals surface area contributed by atoms with Crippen molar-refractivity contribution in [3.05, 3.63) is 24.3 Å². The molecule has 3 nitrogen and oxygen atoms in total. The van der Waals surface area contributed by atoms with Crippen LogP contribution in [0.5, 0.6) is 0 Å². The average Bonchev–Trinajstić information content (AvgIpc) is 2.43. The van der Waals surface area contributed by atoms with Gasteiger partial charge in [0.25, 0.3) is 11.7 Å². The maximum Gasteiger partial charge on any atom is 0.288 e. The number of alkyl halides is 2. The molecule has 6 heteroatoms. The number of benzene rings is 1. The van der Waals surface area contributed by atoms with Crippen LogP contribution in [0.2, 0.25) is 0 Å². The number of carbonyl (C=O) groups excluding carboxylic acids is 1. The molecule has 0 unspecified atom stereocenters. The van der Waals surface area contributed by atoms with Crippen LogP contribution in [0, 0.1) is 5.92 Å². The molecule has 0 atom stereocenters. The van der Waals surface area contributed by atoms with Crippen LogP contribution < -0.4 is 10.2 Å².